The van der Waals surface area contributed by atoms with Crippen LogP contribution >= 0.6 is 0 Å². The number of hydrogen-bond acceptors (Lipinski definition) is 4. The van der Waals surface area contributed by atoms with Gasteiger partial charge in [-0.25, -0.2) is 0 Å². The maximum atomic E-state index is 11.0. The number of benzene rings is 1. The number of rotatable bonds is 4. The average molecular weight is 323 g/mol. The number of methoxy groups -OCH3 is 1. The fourth-order valence-corrected chi connectivity index (χ4v) is 2.74. The molecule has 6 heteroatoms. The Kier molecular flexibility index (Phi) is 4.04. The normalized spacial score (nSPS) is 15.4. The molecule has 3 rings (SSSR count). The number of nitro groups is 1. The third kappa shape index (κ3) is 2.86. The summed E-state index contributed by atoms with van der Waals surface area (Å²) < 4.78 is 5.51. The summed E-state index contributed by atoms with van der Waals surface area (Å²) in [4.78, 5) is 18.3. The quantitative estimate of drug-likeness (QED) is 0.681. The minimum absolute atomic E-state index is 0.0390. The number of aromatic nitrogens is 1. The number of H-pyrrole nitrogens is 1. The smallest absolute Gasteiger partial charge is 0.270 e. The third-order valence-corrected chi connectivity index (χ3v) is 3.85. The first kappa shape index (κ1) is 15.7. The van der Waals surface area contributed by atoms with E-state index in [-0.39, 0.29) is 5.69 Å². The van der Waals surface area contributed by atoms with Crippen LogP contribution in [-0.2, 0) is 4.74 Å². The summed E-state index contributed by atoms with van der Waals surface area (Å²) in [6.07, 6.45) is 3.59. The van der Waals surface area contributed by atoms with Gasteiger partial charge in [-0.15, -0.1) is 0 Å². The van der Waals surface area contributed by atoms with Crippen molar-refractivity contribution in [1.82, 2.24) is 4.98 Å². The van der Waals surface area contributed by atoms with E-state index in [0.717, 1.165) is 22.5 Å². The zero-order valence-corrected chi connectivity index (χ0v) is 13.7. The maximum absolute atomic E-state index is 11.0. The Bertz CT molecular complexity index is 904. The lowest BCUT2D eigenvalue weighted by molar-refractivity contribution is -0.384. The van der Waals surface area contributed by atoms with Crippen LogP contribution in [-0.4, -0.2) is 23.2 Å². The fourth-order valence-electron chi connectivity index (χ4n) is 2.74. The Morgan fingerprint density at radius 2 is 2.08 bits per heavy atom. The molecular weight excluding hydrogens is 306 g/mol. The van der Waals surface area contributed by atoms with E-state index in [0.29, 0.717) is 17.0 Å². The number of aliphatic imine (C=N–C) groups is 1. The molecule has 0 amide bonds. The second kappa shape index (κ2) is 6.16. The second-order valence-electron chi connectivity index (χ2n) is 5.59. The minimum Gasteiger partial charge on any atom is -0.494 e. The predicted molar refractivity (Wildman–Crippen MR) is 93.8 cm³/mol. The van der Waals surface area contributed by atoms with Gasteiger partial charge in [-0.3, -0.25) is 15.1 Å². The fraction of sp³-hybridized carbons (Fsp3) is 0.167. The van der Waals surface area contributed by atoms with E-state index in [1.807, 2.05) is 19.9 Å². The van der Waals surface area contributed by atoms with Crippen molar-refractivity contribution in [1.29, 1.82) is 0 Å². The Morgan fingerprint density at radius 3 is 2.71 bits per heavy atom. The van der Waals surface area contributed by atoms with Crippen LogP contribution in [0.15, 0.2) is 46.8 Å². The van der Waals surface area contributed by atoms with Crippen LogP contribution in [0.4, 0.5) is 5.69 Å². The van der Waals surface area contributed by atoms with Crippen molar-refractivity contribution in [2.24, 2.45) is 4.99 Å². The van der Waals surface area contributed by atoms with Crippen LogP contribution in [0.5, 0.6) is 0 Å². The number of nitrogens with one attached hydrogen (secondary N) is 1. The van der Waals surface area contributed by atoms with Crippen LogP contribution in [0.25, 0.3) is 11.6 Å². The first-order valence-electron chi connectivity index (χ1n) is 7.45. The van der Waals surface area contributed by atoms with E-state index in [1.54, 1.807) is 25.5 Å². The Morgan fingerprint density at radius 1 is 1.29 bits per heavy atom. The van der Waals surface area contributed by atoms with E-state index in [9.17, 15) is 10.1 Å². The van der Waals surface area contributed by atoms with Crippen LogP contribution in [0.2, 0.25) is 0 Å². The first-order chi connectivity index (χ1) is 11.5. The second-order valence-corrected chi connectivity index (χ2v) is 5.59. The number of hydrogen-bond donors (Lipinski definition) is 1. The van der Waals surface area contributed by atoms with Gasteiger partial charge in [0.05, 0.1) is 12.0 Å². The summed E-state index contributed by atoms with van der Waals surface area (Å²) in [5.74, 6) is 0.599. The number of non-ortho nitro benzene ring substituents is 1. The highest BCUT2D eigenvalue weighted by atomic mass is 16.6. The summed E-state index contributed by atoms with van der Waals surface area (Å²) in [6.45, 7) is 4.01. The highest BCUT2D eigenvalue weighted by Crippen LogP contribution is 2.32. The molecule has 24 heavy (non-hydrogen) atoms. The maximum Gasteiger partial charge on any atom is 0.270 e. The molecule has 0 unspecified atom stereocenters. The van der Waals surface area contributed by atoms with E-state index in [2.05, 4.69) is 16.0 Å². The highest BCUT2D eigenvalue weighted by Gasteiger charge is 2.20. The Hall–Kier alpha value is -3.15. The third-order valence-electron chi connectivity index (χ3n) is 3.85. The molecule has 6 nitrogen and oxygen atoms in total. The standard InChI is InChI=1S/C18H17N3O3/c1-11-7-12(2)20-16(11)9-17-18(24-3)15(10-19-17)13-5-4-6-14(8-13)21(22)23/h4-10,20H,1-3H3/b17-9-. The molecule has 1 aromatic carbocycles. The van der Waals surface area contributed by atoms with E-state index < -0.39 is 4.92 Å². The van der Waals surface area contributed by atoms with Gasteiger partial charge < -0.3 is 9.72 Å². The van der Waals surface area contributed by atoms with Gasteiger partial charge >= 0.3 is 0 Å². The molecule has 0 saturated heterocycles. The molecule has 0 saturated carbocycles. The van der Waals surface area contributed by atoms with Gasteiger partial charge in [0.15, 0.2) is 5.76 Å². The number of nitrogens with zero attached hydrogens (tertiary/aromatic N) is 2. The number of ether oxygens (including phenoxy) is 1. The van der Waals surface area contributed by atoms with Crippen molar-refractivity contribution in [2.75, 3.05) is 7.11 Å². The van der Waals surface area contributed by atoms with Crippen molar-refractivity contribution in [3.8, 4) is 0 Å². The molecule has 0 atom stereocenters. The minimum atomic E-state index is -0.412. The molecule has 0 spiro atoms. The summed E-state index contributed by atoms with van der Waals surface area (Å²) in [5, 5.41) is 11.0. The van der Waals surface area contributed by atoms with E-state index >= 15 is 0 Å². The zero-order chi connectivity index (χ0) is 17.3. The largest absolute Gasteiger partial charge is 0.494 e. The molecule has 1 N–H and O–H groups in total. The van der Waals surface area contributed by atoms with Crippen molar-refractivity contribution in [3.63, 3.8) is 0 Å². The summed E-state index contributed by atoms with van der Waals surface area (Å²) >= 11 is 0. The van der Waals surface area contributed by atoms with Crippen molar-refractivity contribution < 1.29 is 9.66 Å². The molecule has 0 aliphatic carbocycles. The van der Waals surface area contributed by atoms with Gasteiger partial charge in [0, 0.05) is 35.3 Å². The summed E-state index contributed by atoms with van der Waals surface area (Å²) in [7, 11) is 1.57. The molecule has 1 aliphatic rings. The lowest BCUT2D eigenvalue weighted by Gasteiger charge is -2.06. The lowest BCUT2D eigenvalue weighted by atomic mass is 10.0. The van der Waals surface area contributed by atoms with Gasteiger partial charge in [0.2, 0.25) is 0 Å². The average Bonchev–Trinajstić information content (AvgIpc) is 3.10. The van der Waals surface area contributed by atoms with Crippen LogP contribution in [0.3, 0.4) is 0 Å². The number of allylic oxidation sites excluding steroid dienone is 1. The predicted octanol–water partition coefficient (Wildman–Crippen LogP) is 4.02. The molecule has 1 aliphatic heterocycles. The molecule has 2 aromatic rings. The number of aryl methyl sites for hydroxylation is 2. The first-order valence-corrected chi connectivity index (χ1v) is 7.45. The Labute approximate surface area is 139 Å². The van der Waals surface area contributed by atoms with E-state index in [4.69, 9.17) is 4.74 Å². The molecular formula is C18H17N3O3. The number of aromatic amines is 1. The molecule has 0 radical (unpaired) electrons. The highest BCUT2D eigenvalue weighted by molar-refractivity contribution is 6.15. The zero-order valence-electron chi connectivity index (χ0n) is 13.7. The van der Waals surface area contributed by atoms with E-state index in [1.165, 1.54) is 12.1 Å². The molecule has 0 bridgehead atoms. The SMILES string of the molecule is COC1=C(c2cccc([N+](=O)[O-])c2)C=N/C1=C\c1[nH]c(C)cc1C. The van der Waals surface area contributed by atoms with Crippen LogP contribution in [0.1, 0.15) is 22.5 Å². The van der Waals surface area contributed by atoms with Gasteiger partial charge in [-0.05, 0) is 37.1 Å². The van der Waals surface area contributed by atoms with Gasteiger partial charge in [0.25, 0.3) is 5.69 Å². The molecule has 0 fully saturated rings. The molecule has 1 aromatic heterocycles. The van der Waals surface area contributed by atoms with Gasteiger partial charge in [-0.1, -0.05) is 12.1 Å². The van der Waals surface area contributed by atoms with Gasteiger partial charge in [-0.2, -0.15) is 0 Å². The monoisotopic (exact) mass is 323 g/mol. The molecule has 2 heterocycles. The van der Waals surface area contributed by atoms with Crippen LogP contribution in [0, 0.1) is 24.0 Å². The van der Waals surface area contributed by atoms with Crippen LogP contribution < -0.4 is 0 Å². The molecule has 122 valence electrons. The summed E-state index contributed by atoms with van der Waals surface area (Å²) in [5.41, 5.74) is 5.31. The number of nitro benzene ring substituents is 1. The van der Waals surface area contributed by atoms with Crippen molar-refractivity contribution in [3.05, 3.63) is 74.4 Å². The van der Waals surface area contributed by atoms with Crippen molar-refractivity contribution in [2.45, 2.75) is 13.8 Å². The summed E-state index contributed by atoms with van der Waals surface area (Å²) in [6, 6.07) is 8.50. The van der Waals surface area contributed by atoms with Crippen molar-refractivity contribution >= 4 is 23.6 Å². The topological polar surface area (TPSA) is 80.5 Å². The van der Waals surface area contributed by atoms with Gasteiger partial charge in [0.1, 0.15) is 5.70 Å². The Balaban J connectivity index is 2.05. The lowest BCUT2D eigenvalue weighted by Crippen LogP contribution is -1.94.